The lowest BCUT2D eigenvalue weighted by Gasteiger charge is -2.03. The average Bonchev–Trinajstić information content (AvgIpc) is 2.32. The first kappa shape index (κ1) is 9.16. The lowest BCUT2D eigenvalue weighted by molar-refractivity contribution is 0.139. The summed E-state index contributed by atoms with van der Waals surface area (Å²) in [4.78, 5) is 0. The molecule has 0 amide bonds. The molecule has 1 aromatic rings. The molecule has 1 aromatic heterocycles. The Kier molecular flexibility index (Phi) is 2.78. The molecule has 2 nitrogen and oxygen atoms in total. The first-order chi connectivity index (χ1) is 5.65. The van der Waals surface area contributed by atoms with Crippen molar-refractivity contribution in [2.24, 2.45) is 0 Å². The van der Waals surface area contributed by atoms with Crippen LogP contribution in [0.25, 0.3) is 0 Å². The van der Waals surface area contributed by atoms with Crippen molar-refractivity contribution in [3.8, 4) is 0 Å². The Bertz CT molecular complexity index is 256. The Morgan fingerprint density at radius 3 is 2.75 bits per heavy atom. The van der Waals surface area contributed by atoms with E-state index in [-0.39, 0.29) is 5.69 Å². The number of hydrogen-bond acceptors (Lipinski definition) is 1. The summed E-state index contributed by atoms with van der Waals surface area (Å²) in [5.74, 6) is 0. The highest BCUT2D eigenvalue weighted by atomic mass is 19.3. The van der Waals surface area contributed by atoms with Crippen molar-refractivity contribution in [2.75, 3.05) is 0 Å². The molecule has 0 bridgehead atoms. The highest BCUT2D eigenvalue weighted by molar-refractivity contribution is 5.09. The maximum absolute atomic E-state index is 12.3. The summed E-state index contributed by atoms with van der Waals surface area (Å²) < 4.78 is 26.0. The number of aryl methyl sites for hydroxylation is 2. The van der Waals surface area contributed by atoms with Crippen LogP contribution in [0.2, 0.25) is 0 Å². The van der Waals surface area contributed by atoms with E-state index >= 15 is 0 Å². The van der Waals surface area contributed by atoms with Gasteiger partial charge in [0.05, 0.1) is 5.69 Å². The fourth-order valence-corrected chi connectivity index (χ4v) is 1.13. The van der Waals surface area contributed by atoms with E-state index < -0.39 is 6.43 Å². The van der Waals surface area contributed by atoms with Crippen LogP contribution in [0.1, 0.15) is 31.2 Å². The van der Waals surface area contributed by atoms with Crippen molar-refractivity contribution in [3.63, 3.8) is 0 Å². The third-order valence-corrected chi connectivity index (χ3v) is 1.59. The average molecular weight is 174 g/mol. The number of rotatable bonds is 3. The lowest BCUT2D eigenvalue weighted by atomic mass is 10.4. The van der Waals surface area contributed by atoms with E-state index in [0.717, 1.165) is 6.42 Å². The molecule has 1 rings (SSSR count). The number of nitrogens with zero attached hydrogens (tertiary/aromatic N) is 2. The zero-order valence-corrected chi connectivity index (χ0v) is 7.22. The van der Waals surface area contributed by atoms with Gasteiger partial charge in [-0.1, -0.05) is 6.92 Å². The fraction of sp³-hybridized carbons (Fsp3) is 0.625. The minimum Gasteiger partial charge on any atom is -0.264 e. The molecule has 0 atom stereocenters. The van der Waals surface area contributed by atoms with Crippen molar-refractivity contribution < 1.29 is 8.78 Å². The van der Waals surface area contributed by atoms with Crippen LogP contribution < -0.4 is 0 Å². The van der Waals surface area contributed by atoms with Crippen LogP contribution in [0.4, 0.5) is 8.78 Å². The Labute approximate surface area is 70.2 Å². The molecule has 0 aliphatic heterocycles. The van der Waals surface area contributed by atoms with Gasteiger partial charge in [0.25, 0.3) is 6.43 Å². The molecule has 1 heterocycles. The smallest absolute Gasteiger partial charge is 0.264 e. The summed E-state index contributed by atoms with van der Waals surface area (Å²) in [6.45, 7) is 4.22. The predicted octanol–water partition coefficient (Wildman–Crippen LogP) is 2.54. The van der Waals surface area contributed by atoms with Gasteiger partial charge in [0.2, 0.25) is 0 Å². The minimum atomic E-state index is -2.42. The number of aromatic nitrogens is 2. The predicted molar refractivity (Wildman–Crippen MR) is 42.2 cm³/mol. The molecular weight excluding hydrogens is 162 g/mol. The maximum atomic E-state index is 12.3. The first-order valence-corrected chi connectivity index (χ1v) is 3.97. The van der Waals surface area contributed by atoms with Crippen LogP contribution in [0.15, 0.2) is 6.07 Å². The Morgan fingerprint density at radius 1 is 1.58 bits per heavy atom. The van der Waals surface area contributed by atoms with E-state index in [4.69, 9.17) is 0 Å². The highest BCUT2D eigenvalue weighted by Gasteiger charge is 2.13. The SMILES string of the molecule is CCCn1nc(C)cc1C(F)F. The van der Waals surface area contributed by atoms with E-state index in [9.17, 15) is 8.78 Å². The summed E-state index contributed by atoms with van der Waals surface area (Å²) in [7, 11) is 0. The molecule has 0 unspecified atom stereocenters. The van der Waals surface area contributed by atoms with Gasteiger partial charge >= 0.3 is 0 Å². The van der Waals surface area contributed by atoms with E-state index in [0.29, 0.717) is 12.2 Å². The van der Waals surface area contributed by atoms with Crippen LogP contribution in [0, 0.1) is 6.92 Å². The molecular formula is C8H12F2N2. The van der Waals surface area contributed by atoms with Crippen LogP contribution in [-0.2, 0) is 6.54 Å². The third-order valence-electron chi connectivity index (χ3n) is 1.59. The summed E-state index contributed by atoms with van der Waals surface area (Å²) in [6.07, 6.45) is -1.60. The summed E-state index contributed by atoms with van der Waals surface area (Å²) in [5, 5.41) is 3.96. The molecule has 0 spiro atoms. The number of halogens is 2. The van der Waals surface area contributed by atoms with E-state index in [2.05, 4.69) is 5.10 Å². The van der Waals surface area contributed by atoms with Crippen LogP contribution in [0.3, 0.4) is 0 Å². The summed E-state index contributed by atoms with van der Waals surface area (Å²) in [6, 6.07) is 1.43. The number of hydrogen-bond donors (Lipinski definition) is 0. The minimum absolute atomic E-state index is 0.0225. The zero-order chi connectivity index (χ0) is 9.14. The van der Waals surface area contributed by atoms with Gasteiger partial charge < -0.3 is 0 Å². The van der Waals surface area contributed by atoms with Gasteiger partial charge in [0.1, 0.15) is 5.69 Å². The van der Waals surface area contributed by atoms with Gasteiger partial charge in [0.15, 0.2) is 0 Å². The molecule has 0 fully saturated rings. The molecule has 68 valence electrons. The van der Waals surface area contributed by atoms with E-state index in [1.807, 2.05) is 6.92 Å². The van der Waals surface area contributed by atoms with Crippen molar-refractivity contribution in [3.05, 3.63) is 17.5 Å². The van der Waals surface area contributed by atoms with Gasteiger partial charge in [-0.2, -0.15) is 5.10 Å². The van der Waals surface area contributed by atoms with Gasteiger partial charge in [-0.05, 0) is 19.4 Å². The molecule has 0 radical (unpaired) electrons. The number of alkyl halides is 2. The monoisotopic (exact) mass is 174 g/mol. The largest absolute Gasteiger partial charge is 0.280 e. The topological polar surface area (TPSA) is 17.8 Å². The van der Waals surface area contributed by atoms with Crippen molar-refractivity contribution in [1.29, 1.82) is 0 Å². The molecule has 4 heteroatoms. The molecule has 12 heavy (non-hydrogen) atoms. The Balaban J connectivity index is 2.92. The molecule has 0 N–H and O–H groups in total. The summed E-state index contributed by atoms with van der Waals surface area (Å²) >= 11 is 0. The van der Waals surface area contributed by atoms with E-state index in [1.54, 1.807) is 6.92 Å². The van der Waals surface area contributed by atoms with Crippen molar-refractivity contribution in [1.82, 2.24) is 9.78 Å². The standard InChI is InChI=1S/C8H12F2N2/c1-3-4-12-7(8(9)10)5-6(2)11-12/h5,8H,3-4H2,1-2H3. The summed E-state index contributed by atoms with van der Waals surface area (Å²) in [5.41, 5.74) is 0.674. The normalized spacial score (nSPS) is 11.1. The molecule has 0 aliphatic carbocycles. The third kappa shape index (κ3) is 1.81. The molecule has 0 saturated heterocycles. The Hall–Kier alpha value is -0.930. The highest BCUT2D eigenvalue weighted by Crippen LogP contribution is 2.19. The first-order valence-electron chi connectivity index (χ1n) is 3.97. The van der Waals surface area contributed by atoms with Crippen LogP contribution in [-0.4, -0.2) is 9.78 Å². The van der Waals surface area contributed by atoms with Gasteiger partial charge in [-0.25, -0.2) is 8.78 Å². The van der Waals surface area contributed by atoms with Gasteiger partial charge in [-0.3, -0.25) is 4.68 Å². The van der Waals surface area contributed by atoms with Crippen molar-refractivity contribution in [2.45, 2.75) is 33.2 Å². The second-order valence-electron chi connectivity index (χ2n) is 2.73. The van der Waals surface area contributed by atoms with Gasteiger partial charge in [0, 0.05) is 6.54 Å². The quantitative estimate of drug-likeness (QED) is 0.688. The molecule has 0 aromatic carbocycles. The molecule has 0 saturated carbocycles. The lowest BCUT2D eigenvalue weighted by Crippen LogP contribution is -2.04. The zero-order valence-electron chi connectivity index (χ0n) is 7.22. The maximum Gasteiger partial charge on any atom is 0.280 e. The molecule has 0 aliphatic rings. The van der Waals surface area contributed by atoms with E-state index in [1.165, 1.54) is 10.7 Å². The fourth-order valence-electron chi connectivity index (χ4n) is 1.13. The van der Waals surface area contributed by atoms with Gasteiger partial charge in [-0.15, -0.1) is 0 Å². The second-order valence-corrected chi connectivity index (χ2v) is 2.73. The van der Waals surface area contributed by atoms with Crippen LogP contribution >= 0.6 is 0 Å². The Morgan fingerprint density at radius 2 is 2.25 bits per heavy atom. The second kappa shape index (κ2) is 3.65. The van der Waals surface area contributed by atoms with Crippen LogP contribution in [0.5, 0.6) is 0 Å². The van der Waals surface area contributed by atoms with Crippen molar-refractivity contribution >= 4 is 0 Å².